The zero-order valence-corrected chi connectivity index (χ0v) is 13.9. The van der Waals surface area contributed by atoms with Gasteiger partial charge in [0.15, 0.2) is 0 Å². The normalized spacial score (nSPS) is 11.0. The van der Waals surface area contributed by atoms with E-state index in [9.17, 15) is 4.79 Å². The smallest absolute Gasteiger partial charge is 0.318 e. The molecule has 3 N–H and O–H groups in total. The van der Waals surface area contributed by atoms with E-state index in [4.69, 9.17) is 0 Å². The monoisotopic (exact) mass is 291 g/mol. The van der Waals surface area contributed by atoms with Gasteiger partial charge in [-0.05, 0) is 48.9 Å². The minimum Gasteiger partial charge on any atom is -0.382 e. The summed E-state index contributed by atoms with van der Waals surface area (Å²) in [6, 6.07) is 8.15. The Balaban J connectivity index is 2.64. The zero-order chi connectivity index (χ0) is 15.8. The van der Waals surface area contributed by atoms with Crippen molar-refractivity contribution in [2.75, 3.05) is 17.7 Å². The number of hydrogen-bond donors (Lipinski definition) is 3. The highest BCUT2D eigenvalue weighted by Gasteiger charge is 2.12. The largest absolute Gasteiger partial charge is 0.382 e. The molecule has 0 fully saturated rings. The molecular formula is C17H29N3O. The summed E-state index contributed by atoms with van der Waals surface area (Å²) >= 11 is 0. The maximum atomic E-state index is 11.2. The summed E-state index contributed by atoms with van der Waals surface area (Å²) in [5.41, 5.74) is 1.90. The van der Waals surface area contributed by atoms with E-state index in [1.807, 2.05) is 24.3 Å². The summed E-state index contributed by atoms with van der Waals surface area (Å²) in [7, 11) is 1.60. The van der Waals surface area contributed by atoms with Crippen molar-refractivity contribution in [3.05, 3.63) is 24.3 Å². The maximum Gasteiger partial charge on any atom is 0.318 e. The molecular weight excluding hydrogens is 262 g/mol. The Morgan fingerprint density at radius 1 is 0.952 bits per heavy atom. The molecule has 118 valence electrons. The van der Waals surface area contributed by atoms with Crippen LogP contribution in [-0.2, 0) is 0 Å². The van der Waals surface area contributed by atoms with Gasteiger partial charge in [0.1, 0.15) is 0 Å². The SMILES string of the molecule is CNC(=O)Nc1ccc(NC(CC(C)C)CC(C)C)cc1. The molecule has 0 aliphatic rings. The molecule has 0 aliphatic heterocycles. The third-order valence-corrected chi connectivity index (χ3v) is 3.25. The molecule has 1 aromatic carbocycles. The average Bonchev–Trinajstić information content (AvgIpc) is 2.39. The van der Waals surface area contributed by atoms with Crippen molar-refractivity contribution < 1.29 is 4.79 Å². The predicted molar refractivity (Wildman–Crippen MR) is 90.8 cm³/mol. The van der Waals surface area contributed by atoms with Crippen molar-refractivity contribution in [2.24, 2.45) is 11.8 Å². The molecule has 1 aromatic rings. The second-order valence-electron chi connectivity index (χ2n) is 6.38. The van der Waals surface area contributed by atoms with Gasteiger partial charge in [-0.15, -0.1) is 0 Å². The Hall–Kier alpha value is -1.71. The van der Waals surface area contributed by atoms with Crippen molar-refractivity contribution in [2.45, 2.75) is 46.6 Å². The molecule has 0 saturated carbocycles. The third kappa shape index (κ3) is 7.02. The van der Waals surface area contributed by atoms with Gasteiger partial charge in [0.25, 0.3) is 0 Å². The van der Waals surface area contributed by atoms with Crippen molar-refractivity contribution >= 4 is 17.4 Å². The fourth-order valence-corrected chi connectivity index (χ4v) is 2.43. The van der Waals surface area contributed by atoms with Crippen molar-refractivity contribution in [3.8, 4) is 0 Å². The first kappa shape index (κ1) is 17.3. The molecule has 4 nitrogen and oxygen atoms in total. The molecule has 0 heterocycles. The number of amides is 2. The Morgan fingerprint density at radius 2 is 1.43 bits per heavy atom. The second-order valence-corrected chi connectivity index (χ2v) is 6.38. The van der Waals surface area contributed by atoms with Gasteiger partial charge >= 0.3 is 6.03 Å². The van der Waals surface area contributed by atoms with Gasteiger partial charge in [-0.25, -0.2) is 4.79 Å². The van der Waals surface area contributed by atoms with Gasteiger partial charge in [0, 0.05) is 24.5 Å². The zero-order valence-electron chi connectivity index (χ0n) is 13.9. The molecule has 0 atom stereocenters. The van der Waals surface area contributed by atoms with E-state index in [0.29, 0.717) is 17.9 Å². The van der Waals surface area contributed by atoms with Crippen LogP contribution in [0, 0.1) is 11.8 Å². The highest BCUT2D eigenvalue weighted by atomic mass is 16.2. The van der Waals surface area contributed by atoms with Gasteiger partial charge in [-0.3, -0.25) is 0 Å². The number of carbonyl (C=O) groups excluding carboxylic acids is 1. The molecule has 1 rings (SSSR count). The van der Waals surface area contributed by atoms with E-state index in [-0.39, 0.29) is 6.03 Å². The number of urea groups is 1. The van der Waals surface area contributed by atoms with Gasteiger partial charge in [-0.2, -0.15) is 0 Å². The molecule has 4 heteroatoms. The summed E-state index contributed by atoms with van der Waals surface area (Å²) in [5, 5.41) is 8.90. The number of hydrogen-bond acceptors (Lipinski definition) is 2. The van der Waals surface area contributed by atoms with Crippen LogP contribution in [0.4, 0.5) is 16.2 Å². The summed E-state index contributed by atoms with van der Waals surface area (Å²) in [6.45, 7) is 9.02. The van der Waals surface area contributed by atoms with E-state index in [0.717, 1.165) is 24.2 Å². The Kier molecular flexibility index (Phi) is 7.06. The molecule has 21 heavy (non-hydrogen) atoms. The van der Waals surface area contributed by atoms with E-state index >= 15 is 0 Å². The first-order valence-corrected chi connectivity index (χ1v) is 7.76. The first-order valence-electron chi connectivity index (χ1n) is 7.76. The van der Waals surface area contributed by atoms with E-state index in [1.54, 1.807) is 7.05 Å². The van der Waals surface area contributed by atoms with E-state index in [2.05, 4.69) is 43.6 Å². The predicted octanol–water partition coefficient (Wildman–Crippen LogP) is 4.31. The van der Waals surface area contributed by atoms with Gasteiger partial charge in [-0.1, -0.05) is 27.7 Å². The van der Waals surface area contributed by atoms with Crippen LogP contribution in [-0.4, -0.2) is 19.1 Å². The minimum absolute atomic E-state index is 0.201. The summed E-state index contributed by atoms with van der Waals surface area (Å²) in [5.74, 6) is 1.35. The van der Waals surface area contributed by atoms with Crippen LogP contribution < -0.4 is 16.0 Å². The Labute approximate surface area is 128 Å². The topological polar surface area (TPSA) is 53.2 Å². The molecule has 0 saturated heterocycles. The summed E-state index contributed by atoms with van der Waals surface area (Å²) in [4.78, 5) is 11.2. The summed E-state index contributed by atoms with van der Waals surface area (Å²) in [6.07, 6.45) is 2.33. The van der Waals surface area contributed by atoms with Crippen LogP contribution in [0.3, 0.4) is 0 Å². The maximum absolute atomic E-state index is 11.2. The quantitative estimate of drug-likeness (QED) is 0.701. The number of benzene rings is 1. The molecule has 0 aliphatic carbocycles. The lowest BCUT2D eigenvalue weighted by Gasteiger charge is -2.23. The first-order chi connectivity index (χ1) is 9.90. The van der Waals surface area contributed by atoms with E-state index in [1.165, 1.54) is 0 Å². The average molecular weight is 291 g/mol. The third-order valence-electron chi connectivity index (χ3n) is 3.25. The van der Waals surface area contributed by atoms with Gasteiger partial charge in [0.2, 0.25) is 0 Å². The molecule has 0 aromatic heterocycles. The van der Waals surface area contributed by atoms with Crippen molar-refractivity contribution in [3.63, 3.8) is 0 Å². The lowest BCUT2D eigenvalue weighted by Crippen LogP contribution is -2.25. The van der Waals surface area contributed by atoms with Gasteiger partial charge < -0.3 is 16.0 Å². The van der Waals surface area contributed by atoms with Crippen LogP contribution in [0.15, 0.2) is 24.3 Å². The highest BCUT2D eigenvalue weighted by molar-refractivity contribution is 5.89. The highest BCUT2D eigenvalue weighted by Crippen LogP contribution is 2.20. The number of carbonyl (C=O) groups is 1. The lowest BCUT2D eigenvalue weighted by molar-refractivity contribution is 0.254. The van der Waals surface area contributed by atoms with E-state index < -0.39 is 0 Å². The minimum atomic E-state index is -0.201. The number of rotatable bonds is 7. The Bertz CT molecular complexity index is 416. The number of anilines is 2. The van der Waals surface area contributed by atoms with Gasteiger partial charge in [0.05, 0.1) is 0 Å². The molecule has 2 amide bonds. The van der Waals surface area contributed by atoms with Crippen molar-refractivity contribution in [1.29, 1.82) is 0 Å². The van der Waals surface area contributed by atoms with Crippen LogP contribution in [0.1, 0.15) is 40.5 Å². The number of nitrogens with one attached hydrogen (secondary N) is 3. The molecule has 0 radical (unpaired) electrons. The molecule has 0 unspecified atom stereocenters. The Morgan fingerprint density at radius 3 is 1.86 bits per heavy atom. The van der Waals surface area contributed by atoms with Crippen LogP contribution in [0.2, 0.25) is 0 Å². The van der Waals surface area contributed by atoms with Crippen LogP contribution in [0.25, 0.3) is 0 Å². The summed E-state index contributed by atoms with van der Waals surface area (Å²) < 4.78 is 0. The lowest BCUT2D eigenvalue weighted by atomic mass is 9.95. The van der Waals surface area contributed by atoms with Crippen LogP contribution >= 0.6 is 0 Å². The fraction of sp³-hybridized carbons (Fsp3) is 0.588. The molecule has 0 spiro atoms. The molecule has 0 bridgehead atoms. The fourth-order valence-electron chi connectivity index (χ4n) is 2.43. The van der Waals surface area contributed by atoms with Crippen LogP contribution in [0.5, 0.6) is 0 Å². The van der Waals surface area contributed by atoms with Crippen molar-refractivity contribution in [1.82, 2.24) is 5.32 Å². The standard InChI is InChI=1S/C17H29N3O/c1-12(2)10-16(11-13(3)4)19-14-6-8-15(9-7-14)20-17(21)18-5/h6-9,12-13,16,19H,10-11H2,1-5H3,(H2,18,20,21). The second kappa shape index (κ2) is 8.55.